The molecule has 0 radical (unpaired) electrons. The van der Waals surface area contributed by atoms with Gasteiger partial charge in [-0.25, -0.2) is 0 Å². The fourth-order valence-corrected chi connectivity index (χ4v) is 15.5. The van der Waals surface area contributed by atoms with Crippen LogP contribution in [0.4, 0.5) is 5.69 Å². The smallest absolute Gasteiger partial charge is 0.0667 e. The number of likely N-dealkylation sites (N-methyl/N-ethyl adjacent to an activating group) is 1. The van der Waals surface area contributed by atoms with Crippen molar-refractivity contribution in [2.24, 2.45) is 0 Å². The first-order valence-electron chi connectivity index (χ1n) is 17.4. The van der Waals surface area contributed by atoms with E-state index in [-0.39, 0.29) is 5.60 Å². The van der Waals surface area contributed by atoms with Crippen molar-refractivity contribution in [1.82, 2.24) is 0 Å². The molecule has 0 saturated carbocycles. The lowest BCUT2D eigenvalue weighted by Crippen LogP contribution is -2.46. The Labute approximate surface area is 268 Å². The summed E-state index contributed by atoms with van der Waals surface area (Å²) < 4.78 is 6.06. The molecule has 3 aliphatic rings. The Bertz CT molecular complexity index is 1470. The van der Waals surface area contributed by atoms with Crippen LogP contribution in [0.2, 0.25) is 12.6 Å². The molecule has 0 fully saturated rings. The Hall–Kier alpha value is -2.62. The maximum atomic E-state index is 6.06. The number of rotatable bonds is 12. The van der Waals surface area contributed by atoms with Gasteiger partial charge in [0.1, 0.15) is 0 Å². The summed E-state index contributed by atoms with van der Waals surface area (Å²) in [5.41, 5.74) is 12.3. The molecule has 2 nitrogen and oxygen atoms in total. The summed E-state index contributed by atoms with van der Waals surface area (Å²) in [6.07, 6.45) is 10.9. The third kappa shape index (κ3) is 5.76. The second kappa shape index (κ2) is 12.6. The molecule has 234 valence electrons. The summed E-state index contributed by atoms with van der Waals surface area (Å²) in [7, 11) is 0.404. The van der Waals surface area contributed by atoms with E-state index < -0.39 is 8.07 Å². The normalized spacial score (nSPS) is 24.9. The van der Waals surface area contributed by atoms with E-state index in [9.17, 15) is 0 Å². The fourth-order valence-electron chi connectivity index (χ4n) is 9.45. The van der Waals surface area contributed by atoms with Gasteiger partial charge in [0.15, 0.2) is 0 Å². The topological polar surface area (TPSA) is 12.5 Å². The third-order valence-corrected chi connectivity index (χ3v) is 17.1. The quantitative estimate of drug-likeness (QED) is 0.116. The minimum absolute atomic E-state index is 0.0427. The predicted molar refractivity (Wildman–Crippen MR) is 191 cm³/mol. The lowest BCUT2D eigenvalue weighted by Gasteiger charge is -2.43. The summed E-state index contributed by atoms with van der Waals surface area (Å²) in [5, 5.41) is 0. The molecule has 6 atom stereocenters. The minimum atomic E-state index is -1.95. The molecule has 2 aliphatic carbocycles. The van der Waals surface area contributed by atoms with Crippen molar-refractivity contribution in [3.63, 3.8) is 0 Å². The van der Waals surface area contributed by atoms with Crippen LogP contribution in [0.5, 0.6) is 0 Å². The summed E-state index contributed by atoms with van der Waals surface area (Å²) in [6, 6.07) is 28.3. The zero-order valence-electron chi connectivity index (χ0n) is 28.2. The minimum Gasteiger partial charge on any atom is -0.376 e. The van der Waals surface area contributed by atoms with E-state index in [0.717, 1.165) is 13.0 Å². The lowest BCUT2D eigenvalue weighted by molar-refractivity contribution is -0.00471. The first-order valence-corrected chi connectivity index (χ1v) is 20.3. The van der Waals surface area contributed by atoms with Crippen molar-refractivity contribution < 1.29 is 4.74 Å². The second-order valence-electron chi connectivity index (χ2n) is 15.4. The Morgan fingerprint density at radius 1 is 0.886 bits per heavy atom. The van der Waals surface area contributed by atoms with Gasteiger partial charge in [-0.3, -0.25) is 0 Å². The molecular formula is C41H55NOSi. The van der Waals surface area contributed by atoms with E-state index in [1.165, 1.54) is 55.8 Å². The highest BCUT2D eigenvalue weighted by molar-refractivity contribution is 6.81. The van der Waals surface area contributed by atoms with Gasteiger partial charge in [0, 0.05) is 25.3 Å². The van der Waals surface area contributed by atoms with Gasteiger partial charge in [-0.15, -0.1) is 6.58 Å². The summed E-state index contributed by atoms with van der Waals surface area (Å²) in [5.74, 6) is 1.20. The van der Waals surface area contributed by atoms with E-state index >= 15 is 0 Å². The SMILES string of the molecule is C=CCCC1CC([Si](C)(CCCCCCOC(C)(C)C)C2c3ccccc3C3C2c2cc(C)ccc2N3C)c2ccccc21. The standard InChI is InChI=1S/C41H55NOSi/c1-8-9-18-30-28-37(32-20-13-12-19-31(30)32)44(7,26-17-11-10-16-25-43-41(3,4)5)40-34-22-15-14-21-33(34)39-38(40)35-27-29(2)23-24-36(35)42(39)6/h8,12-15,19-24,27,30,37-40H,1,9-11,16-18,25-26,28H2,2-7H3. The maximum Gasteiger partial charge on any atom is 0.0667 e. The molecular weight excluding hydrogens is 551 g/mol. The number of anilines is 1. The van der Waals surface area contributed by atoms with Gasteiger partial charge in [-0.05, 0) is 104 Å². The van der Waals surface area contributed by atoms with Crippen LogP contribution in [0.25, 0.3) is 0 Å². The van der Waals surface area contributed by atoms with Crippen LogP contribution in [0.1, 0.15) is 128 Å². The van der Waals surface area contributed by atoms with Gasteiger partial charge in [0.2, 0.25) is 0 Å². The zero-order chi connectivity index (χ0) is 31.1. The highest BCUT2D eigenvalue weighted by Gasteiger charge is 2.58. The zero-order valence-corrected chi connectivity index (χ0v) is 29.2. The molecule has 1 aliphatic heterocycles. The number of hydrogen-bond acceptors (Lipinski definition) is 2. The summed E-state index contributed by atoms with van der Waals surface area (Å²) >= 11 is 0. The van der Waals surface area contributed by atoms with Crippen molar-refractivity contribution >= 4 is 13.8 Å². The Kier molecular flexibility index (Phi) is 9.01. The highest BCUT2D eigenvalue weighted by Crippen LogP contribution is 2.66. The summed E-state index contributed by atoms with van der Waals surface area (Å²) in [4.78, 5) is 2.62. The number of fused-ring (bicyclic) bond motifs is 6. The maximum absolute atomic E-state index is 6.06. The van der Waals surface area contributed by atoms with Crippen molar-refractivity contribution in [3.05, 3.63) is 113 Å². The van der Waals surface area contributed by atoms with Crippen LogP contribution < -0.4 is 4.90 Å². The average Bonchev–Trinajstić information content (AvgIpc) is 3.63. The van der Waals surface area contributed by atoms with Gasteiger partial charge in [-0.1, -0.05) is 104 Å². The molecule has 1 heterocycles. The van der Waals surface area contributed by atoms with E-state index in [2.05, 4.69) is 126 Å². The number of benzene rings is 3. The molecule has 0 spiro atoms. The second-order valence-corrected chi connectivity index (χ2v) is 20.2. The number of hydrogen-bond donors (Lipinski definition) is 0. The van der Waals surface area contributed by atoms with Crippen LogP contribution in [-0.2, 0) is 4.74 Å². The highest BCUT2D eigenvalue weighted by atomic mass is 28.3. The van der Waals surface area contributed by atoms with Crippen LogP contribution >= 0.6 is 0 Å². The molecule has 0 amide bonds. The van der Waals surface area contributed by atoms with Gasteiger partial charge < -0.3 is 9.64 Å². The largest absolute Gasteiger partial charge is 0.376 e. The molecule has 3 aromatic rings. The molecule has 44 heavy (non-hydrogen) atoms. The number of aryl methyl sites for hydroxylation is 1. The van der Waals surface area contributed by atoms with Crippen molar-refractivity contribution in [1.29, 1.82) is 0 Å². The fraction of sp³-hybridized carbons (Fsp3) is 0.512. The lowest BCUT2D eigenvalue weighted by atomic mass is 9.94. The number of ether oxygens (including phenoxy) is 1. The number of nitrogens with zero attached hydrogens (tertiary/aromatic N) is 1. The van der Waals surface area contributed by atoms with Crippen LogP contribution in [-0.4, -0.2) is 27.3 Å². The van der Waals surface area contributed by atoms with Crippen molar-refractivity contribution in [2.45, 2.75) is 120 Å². The molecule has 3 aromatic carbocycles. The molecule has 0 N–H and O–H groups in total. The molecule has 0 aromatic heterocycles. The van der Waals surface area contributed by atoms with E-state index in [4.69, 9.17) is 4.74 Å². The van der Waals surface area contributed by atoms with E-state index in [1.54, 1.807) is 27.8 Å². The molecule has 6 rings (SSSR count). The van der Waals surface area contributed by atoms with Crippen LogP contribution in [0, 0.1) is 6.92 Å². The average molecular weight is 606 g/mol. The van der Waals surface area contributed by atoms with Gasteiger partial charge >= 0.3 is 0 Å². The Morgan fingerprint density at radius 3 is 2.30 bits per heavy atom. The monoisotopic (exact) mass is 605 g/mol. The Balaban J connectivity index is 1.38. The number of allylic oxidation sites excluding steroid dienone is 1. The van der Waals surface area contributed by atoms with Crippen molar-refractivity contribution in [2.75, 3.05) is 18.6 Å². The third-order valence-electron chi connectivity index (χ3n) is 11.4. The van der Waals surface area contributed by atoms with Crippen molar-refractivity contribution in [3.8, 4) is 0 Å². The molecule has 3 heteroatoms. The summed E-state index contributed by atoms with van der Waals surface area (Å²) in [6.45, 7) is 16.6. The number of unbranched alkanes of at least 4 members (excludes halogenated alkanes) is 3. The molecule has 0 bridgehead atoms. The van der Waals surface area contributed by atoms with Gasteiger partial charge in [0.25, 0.3) is 0 Å². The van der Waals surface area contributed by atoms with Crippen LogP contribution in [0.15, 0.2) is 79.4 Å². The predicted octanol–water partition coefficient (Wildman–Crippen LogP) is 11.1. The molecule has 0 saturated heterocycles. The van der Waals surface area contributed by atoms with E-state index in [1.807, 2.05) is 0 Å². The van der Waals surface area contributed by atoms with Gasteiger partial charge in [0.05, 0.1) is 19.7 Å². The van der Waals surface area contributed by atoms with Gasteiger partial charge in [-0.2, -0.15) is 0 Å². The Morgan fingerprint density at radius 2 is 1.57 bits per heavy atom. The first kappa shape index (κ1) is 31.4. The first-order chi connectivity index (χ1) is 21.1. The molecule has 6 unspecified atom stereocenters. The van der Waals surface area contributed by atoms with E-state index in [0.29, 0.717) is 29.0 Å². The van der Waals surface area contributed by atoms with Crippen LogP contribution in [0.3, 0.4) is 0 Å².